The molecule has 2 rings (SSSR count). The fourth-order valence-corrected chi connectivity index (χ4v) is 2.15. The number of nitrogens with one attached hydrogen (secondary N) is 1. The van der Waals surface area contributed by atoms with Crippen LogP contribution in [0.2, 0.25) is 0 Å². The molecule has 26 heavy (non-hydrogen) atoms. The van der Waals surface area contributed by atoms with Crippen molar-refractivity contribution in [3.05, 3.63) is 47.7 Å². The Morgan fingerprint density at radius 2 is 1.96 bits per heavy atom. The molecule has 1 aromatic heterocycles. The Hall–Kier alpha value is -2.77. The molecule has 140 valence electrons. The number of amides is 1. The predicted octanol–water partition coefficient (Wildman–Crippen LogP) is 4.54. The van der Waals surface area contributed by atoms with Crippen LogP contribution in [0.25, 0.3) is 0 Å². The zero-order chi connectivity index (χ0) is 19.2. The summed E-state index contributed by atoms with van der Waals surface area (Å²) in [6, 6.07) is 5.97. The van der Waals surface area contributed by atoms with E-state index in [0.717, 1.165) is 12.1 Å². The number of pyridine rings is 1. The molecule has 0 radical (unpaired) electrons. The third-order valence-corrected chi connectivity index (χ3v) is 3.31. The highest BCUT2D eigenvalue weighted by Crippen LogP contribution is 2.35. The van der Waals surface area contributed by atoms with E-state index in [4.69, 9.17) is 9.47 Å². The Labute approximate surface area is 149 Å². The highest BCUT2D eigenvalue weighted by molar-refractivity contribution is 6.06. The predicted molar refractivity (Wildman–Crippen MR) is 90.6 cm³/mol. The van der Waals surface area contributed by atoms with Crippen molar-refractivity contribution in [2.24, 2.45) is 0 Å². The van der Waals surface area contributed by atoms with E-state index in [-0.39, 0.29) is 22.9 Å². The lowest BCUT2D eigenvalue weighted by Crippen LogP contribution is -2.16. The van der Waals surface area contributed by atoms with Gasteiger partial charge in [-0.25, -0.2) is 4.98 Å². The van der Waals surface area contributed by atoms with Gasteiger partial charge in [0.05, 0.1) is 24.5 Å². The number of carbonyl (C=O) groups excluding carboxylic acids is 1. The van der Waals surface area contributed by atoms with Crippen LogP contribution >= 0.6 is 0 Å². The number of aromatic nitrogens is 1. The molecule has 1 aromatic carbocycles. The van der Waals surface area contributed by atoms with Crippen LogP contribution < -0.4 is 14.8 Å². The molecule has 0 fully saturated rings. The van der Waals surface area contributed by atoms with Gasteiger partial charge in [0.1, 0.15) is 11.3 Å². The lowest BCUT2D eigenvalue weighted by atomic mass is 10.1. The van der Waals surface area contributed by atoms with Gasteiger partial charge in [0.2, 0.25) is 5.88 Å². The summed E-state index contributed by atoms with van der Waals surface area (Å²) in [5, 5.41) is 2.46. The molecule has 0 saturated heterocycles. The van der Waals surface area contributed by atoms with Gasteiger partial charge >= 0.3 is 6.18 Å². The summed E-state index contributed by atoms with van der Waals surface area (Å²) in [5.41, 5.74) is -0.828. The van der Waals surface area contributed by atoms with Crippen LogP contribution in [0.5, 0.6) is 11.6 Å². The number of alkyl halides is 3. The standard InChI is InChI=1S/C18H19F3N2O3/c1-3-10-26-15-8-7-12(18(19,20)21)11-14(15)23-16(24)13-6-5-9-22-17(13)25-4-2/h5-9,11H,3-4,10H2,1-2H3,(H,23,24). The third kappa shape index (κ3) is 4.87. The Balaban J connectivity index is 2.35. The first kappa shape index (κ1) is 19.6. The fourth-order valence-electron chi connectivity index (χ4n) is 2.15. The van der Waals surface area contributed by atoms with Crippen LogP contribution in [-0.4, -0.2) is 24.1 Å². The topological polar surface area (TPSA) is 60.5 Å². The van der Waals surface area contributed by atoms with Crippen LogP contribution in [-0.2, 0) is 6.18 Å². The Kier molecular flexibility index (Phi) is 6.43. The quantitative estimate of drug-likeness (QED) is 0.779. The summed E-state index contributed by atoms with van der Waals surface area (Å²) < 4.78 is 49.7. The van der Waals surface area contributed by atoms with Crippen LogP contribution in [0.3, 0.4) is 0 Å². The van der Waals surface area contributed by atoms with Crippen molar-refractivity contribution < 1.29 is 27.4 Å². The molecule has 1 heterocycles. The summed E-state index contributed by atoms with van der Waals surface area (Å²) in [7, 11) is 0. The van der Waals surface area contributed by atoms with Gasteiger partial charge in [-0.2, -0.15) is 13.2 Å². The van der Waals surface area contributed by atoms with E-state index < -0.39 is 17.6 Å². The number of benzene rings is 1. The first-order valence-corrected chi connectivity index (χ1v) is 8.10. The molecule has 0 saturated carbocycles. The second-order valence-electron chi connectivity index (χ2n) is 5.30. The minimum Gasteiger partial charge on any atom is -0.491 e. The molecule has 8 heteroatoms. The van der Waals surface area contributed by atoms with Gasteiger partial charge in [-0.05, 0) is 43.7 Å². The molecular formula is C18H19F3N2O3. The number of anilines is 1. The van der Waals surface area contributed by atoms with Crippen molar-refractivity contribution in [2.75, 3.05) is 18.5 Å². The lowest BCUT2D eigenvalue weighted by Gasteiger charge is -2.16. The van der Waals surface area contributed by atoms with E-state index >= 15 is 0 Å². The zero-order valence-corrected chi connectivity index (χ0v) is 14.4. The van der Waals surface area contributed by atoms with Gasteiger partial charge in [-0.1, -0.05) is 6.92 Å². The van der Waals surface area contributed by atoms with Crippen molar-refractivity contribution in [2.45, 2.75) is 26.4 Å². The maximum absolute atomic E-state index is 13.0. The van der Waals surface area contributed by atoms with Gasteiger partial charge in [0.25, 0.3) is 5.91 Å². The number of nitrogens with zero attached hydrogens (tertiary/aromatic N) is 1. The summed E-state index contributed by atoms with van der Waals surface area (Å²) in [6.07, 6.45) is -2.40. The molecule has 0 bridgehead atoms. The first-order valence-electron chi connectivity index (χ1n) is 8.10. The second kappa shape index (κ2) is 8.55. The van der Waals surface area contributed by atoms with E-state index in [1.165, 1.54) is 24.4 Å². The molecule has 0 spiro atoms. The Morgan fingerprint density at radius 3 is 2.62 bits per heavy atom. The molecule has 1 amide bonds. The number of carbonyl (C=O) groups is 1. The Bertz CT molecular complexity index is 764. The fraction of sp³-hybridized carbons (Fsp3) is 0.333. The van der Waals surface area contributed by atoms with Gasteiger partial charge in [0.15, 0.2) is 0 Å². The first-order chi connectivity index (χ1) is 12.4. The van der Waals surface area contributed by atoms with Crippen LogP contribution in [0.1, 0.15) is 36.2 Å². The molecule has 2 aromatic rings. The molecule has 0 atom stereocenters. The molecule has 0 aliphatic heterocycles. The SMILES string of the molecule is CCCOc1ccc(C(F)(F)F)cc1NC(=O)c1cccnc1OCC. The molecule has 0 unspecified atom stereocenters. The average molecular weight is 368 g/mol. The zero-order valence-electron chi connectivity index (χ0n) is 14.4. The lowest BCUT2D eigenvalue weighted by molar-refractivity contribution is -0.137. The van der Waals surface area contributed by atoms with E-state index in [1.54, 1.807) is 6.92 Å². The third-order valence-electron chi connectivity index (χ3n) is 3.31. The van der Waals surface area contributed by atoms with E-state index in [2.05, 4.69) is 10.3 Å². The smallest absolute Gasteiger partial charge is 0.416 e. The van der Waals surface area contributed by atoms with E-state index in [1.807, 2.05) is 6.92 Å². The molecule has 0 aliphatic rings. The van der Waals surface area contributed by atoms with Crippen molar-refractivity contribution in [1.82, 2.24) is 4.98 Å². The maximum Gasteiger partial charge on any atom is 0.416 e. The summed E-state index contributed by atoms with van der Waals surface area (Å²) in [4.78, 5) is 16.5. The molecule has 5 nitrogen and oxygen atoms in total. The maximum atomic E-state index is 13.0. The van der Waals surface area contributed by atoms with Crippen molar-refractivity contribution in [1.29, 1.82) is 0 Å². The molecule has 1 N–H and O–H groups in total. The largest absolute Gasteiger partial charge is 0.491 e. The van der Waals surface area contributed by atoms with Crippen LogP contribution in [0.4, 0.5) is 18.9 Å². The Morgan fingerprint density at radius 1 is 1.19 bits per heavy atom. The van der Waals surface area contributed by atoms with Gasteiger partial charge in [0, 0.05) is 6.20 Å². The minimum atomic E-state index is -4.53. The monoisotopic (exact) mass is 368 g/mol. The van der Waals surface area contributed by atoms with Crippen LogP contribution in [0.15, 0.2) is 36.5 Å². The van der Waals surface area contributed by atoms with Gasteiger partial charge in [-0.3, -0.25) is 4.79 Å². The van der Waals surface area contributed by atoms with Crippen molar-refractivity contribution in [3.63, 3.8) is 0 Å². The number of ether oxygens (including phenoxy) is 2. The molecular weight excluding hydrogens is 349 g/mol. The van der Waals surface area contributed by atoms with Crippen LogP contribution in [0, 0.1) is 0 Å². The van der Waals surface area contributed by atoms with Crippen molar-refractivity contribution in [3.8, 4) is 11.6 Å². The summed E-state index contributed by atoms with van der Waals surface area (Å²) >= 11 is 0. The van der Waals surface area contributed by atoms with Crippen molar-refractivity contribution >= 4 is 11.6 Å². The average Bonchev–Trinajstić information content (AvgIpc) is 2.60. The van der Waals surface area contributed by atoms with E-state index in [9.17, 15) is 18.0 Å². The van der Waals surface area contributed by atoms with Gasteiger partial charge in [-0.15, -0.1) is 0 Å². The number of hydrogen-bond acceptors (Lipinski definition) is 4. The van der Waals surface area contributed by atoms with E-state index in [0.29, 0.717) is 19.6 Å². The normalized spacial score (nSPS) is 11.1. The minimum absolute atomic E-state index is 0.0652. The summed E-state index contributed by atoms with van der Waals surface area (Å²) in [5.74, 6) is -0.368. The summed E-state index contributed by atoms with van der Waals surface area (Å²) in [6.45, 7) is 4.21. The number of halogens is 3. The number of rotatable bonds is 7. The highest BCUT2D eigenvalue weighted by Gasteiger charge is 2.31. The highest BCUT2D eigenvalue weighted by atomic mass is 19.4. The second-order valence-corrected chi connectivity index (χ2v) is 5.30. The number of hydrogen-bond donors (Lipinski definition) is 1. The molecule has 0 aliphatic carbocycles. The van der Waals surface area contributed by atoms with Gasteiger partial charge < -0.3 is 14.8 Å².